The number of hydrogen-bond donors (Lipinski definition) is 2. The molecule has 1 aromatic heterocycles. The second kappa shape index (κ2) is 6.65. The van der Waals surface area contributed by atoms with Gasteiger partial charge in [0, 0.05) is 36.1 Å². The number of methoxy groups -OCH3 is 1. The summed E-state index contributed by atoms with van der Waals surface area (Å²) in [7, 11) is 1.65. The number of hydrogen-bond acceptors (Lipinski definition) is 4. The van der Waals surface area contributed by atoms with Gasteiger partial charge in [0.2, 0.25) is 0 Å². The maximum atomic E-state index is 6.10. The molecular formula is C18H21N3O2S. The van der Waals surface area contributed by atoms with Gasteiger partial charge in [0.05, 0.1) is 13.2 Å². The first-order valence-electron chi connectivity index (χ1n) is 7.81. The number of nitrogens with zero attached hydrogens (tertiary/aromatic N) is 1. The van der Waals surface area contributed by atoms with E-state index in [0.717, 1.165) is 29.2 Å². The van der Waals surface area contributed by atoms with E-state index in [2.05, 4.69) is 29.5 Å². The van der Waals surface area contributed by atoms with Gasteiger partial charge in [0.1, 0.15) is 17.1 Å². The maximum absolute atomic E-state index is 6.10. The molecule has 0 spiro atoms. The summed E-state index contributed by atoms with van der Waals surface area (Å²) in [4.78, 5) is 4.00. The summed E-state index contributed by atoms with van der Waals surface area (Å²) in [5, 5.41) is 7.16. The van der Waals surface area contributed by atoms with Crippen LogP contribution in [0.25, 0.3) is 0 Å². The molecule has 0 fully saturated rings. The smallest absolute Gasteiger partial charge is 0.171 e. The summed E-state index contributed by atoms with van der Waals surface area (Å²) < 4.78 is 11.4. The van der Waals surface area contributed by atoms with Crippen molar-refractivity contribution in [2.24, 2.45) is 0 Å². The summed E-state index contributed by atoms with van der Waals surface area (Å²) in [6.07, 6.45) is 4.26. The van der Waals surface area contributed by atoms with Gasteiger partial charge in [0.25, 0.3) is 0 Å². The van der Waals surface area contributed by atoms with Crippen molar-refractivity contribution in [1.82, 2.24) is 10.3 Å². The molecule has 126 valence electrons. The average Bonchev–Trinajstić information content (AvgIpc) is 2.54. The fourth-order valence-corrected chi connectivity index (χ4v) is 3.11. The lowest BCUT2D eigenvalue weighted by atomic mass is 9.89. The van der Waals surface area contributed by atoms with E-state index in [1.54, 1.807) is 19.5 Å². The Kier molecular flexibility index (Phi) is 4.57. The van der Waals surface area contributed by atoms with Gasteiger partial charge in [-0.1, -0.05) is 0 Å². The molecule has 2 N–H and O–H groups in total. The molecule has 6 heteroatoms. The number of ether oxygens (including phenoxy) is 2. The van der Waals surface area contributed by atoms with E-state index >= 15 is 0 Å². The fourth-order valence-electron chi connectivity index (χ4n) is 2.85. The van der Waals surface area contributed by atoms with Crippen LogP contribution in [0.15, 0.2) is 42.7 Å². The molecule has 1 aliphatic heterocycles. The molecule has 0 radical (unpaired) electrons. The van der Waals surface area contributed by atoms with Gasteiger partial charge in [-0.2, -0.15) is 0 Å². The van der Waals surface area contributed by atoms with Gasteiger partial charge < -0.3 is 20.1 Å². The largest absolute Gasteiger partial charge is 0.497 e. The molecule has 0 amide bonds. The SMILES string of the molecule is COc1ccc2c(c1)OC(C)(C)C[C@@H]2NC(=S)Nc1ccncc1. The molecule has 1 aliphatic rings. The molecule has 3 rings (SSSR count). The lowest BCUT2D eigenvalue weighted by molar-refractivity contribution is 0.0693. The Morgan fingerprint density at radius 3 is 2.75 bits per heavy atom. The van der Waals surface area contributed by atoms with E-state index < -0.39 is 0 Å². The molecule has 2 aromatic rings. The van der Waals surface area contributed by atoms with Gasteiger partial charge in [-0.3, -0.25) is 4.98 Å². The molecule has 0 unspecified atom stereocenters. The highest BCUT2D eigenvalue weighted by molar-refractivity contribution is 7.80. The van der Waals surface area contributed by atoms with Gasteiger partial charge in [-0.15, -0.1) is 0 Å². The average molecular weight is 343 g/mol. The Balaban J connectivity index is 1.79. The first kappa shape index (κ1) is 16.5. The molecule has 0 bridgehead atoms. The molecule has 0 saturated heterocycles. The number of rotatable bonds is 3. The molecule has 2 heterocycles. The van der Waals surface area contributed by atoms with Crippen molar-refractivity contribution >= 4 is 23.0 Å². The highest BCUT2D eigenvalue weighted by Gasteiger charge is 2.34. The third kappa shape index (κ3) is 3.76. The first-order chi connectivity index (χ1) is 11.5. The summed E-state index contributed by atoms with van der Waals surface area (Å²) in [5.41, 5.74) is 1.70. The van der Waals surface area contributed by atoms with Crippen LogP contribution in [-0.4, -0.2) is 22.8 Å². The quantitative estimate of drug-likeness (QED) is 0.829. The Morgan fingerprint density at radius 2 is 2.04 bits per heavy atom. The predicted molar refractivity (Wildman–Crippen MR) is 98.7 cm³/mol. The van der Waals surface area contributed by atoms with Crippen LogP contribution < -0.4 is 20.1 Å². The summed E-state index contributed by atoms with van der Waals surface area (Å²) in [6, 6.07) is 9.70. The Bertz CT molecular complexity index is 734. The number of benzene rings is 1. The Hall–Kier alpha value is -2.34. The predicted octanol–water partition coefficient (Wildman–Crippen LogP) is 3.68. The van der Waals surface area contributed by atoms with Crippen LogP contribution in [0.2, 0.25) is 0 Å². The Labute approximate surface area is 147 Å². The van der Waals surface area contributed by atoms with Crippen molar-refractivity contribution in [2.45, 2.75) is 31.9 Å². The highest BCUT2D eigenvalue weighted by Crippen LogP contribution is 2.41. The summed E-state index contributed by atoms with van der Waals surface area (Å²) in [5.74, 6) is 1.61. The zero-order chi connectivity index (χ0) is 17.2. The zero-order valence-electron chi connectivity index (χ0n) is 14.0. The van der Waals surface area contributed by atoms with Crippen molar-refractivity contribution in [3.05, 3.63) is 48.3 Å². The lowest BCUT2D eigenvalue weighted by Gasteiger charge is -2.38. The lowest BCUT2D eigenvalue weighted by Crippen LogP contribution is -2.42. The molecule has 1 atom stereocenters. The normalized spacial score (nSPS) is 18.0. The van der Waals surface area contributed by atoms with Gasteiger partial charge >= 0.3 is 0 Å². The van der Waals surface area contributed by atoms with E-state index in [0.29, 0.717) is 5.11 Å². The van der Waals surface area contributed by atoms with E-state index in [1.807, 2.05) is 30.3 Å². The summed E-state index contributed by atoms with van der Waals surface area (Å²) >= 11 is 5.46. The van der Waals surface area contributed by atoms with Gasteiger partial charge in [-0.05, 0) is 50.3 Å². The van der Waals surface area contributed by atoms with Crippen molar-refractivity contribution in [1.29, 1.82) is 0 Å². The fraction of sp³-hybridized carbons (Fsp3) is 0.333. The maximum Gasteiger partial charge on any atom is 0.171 e. The molecule has 0 saturated carbocycles. The van der Waals surface area contributed by atoms with Crippen LogP contribution in [0.5, 0.6) is 11.5 Å². The first-order valence-corrected chi connectivity index (χ1v) is 8.22. The minimum Gasteiger partial charge on any atom is -0.497 e. The van der Waals surface area contributed by atoms with Crippen LogP contribution in [0, 0.1) is 0 Å². The van der Waals surface area contributed by atoms with Crippen LogP contribution in [0.4, 0.5) is 5.69 Å². The topological polar surface area (TPSA) is 55.4 Å². The Morgan fingerprint density at radius 1 is 1.29 bits per heavy atom. The molecule has 0 aliphatic carbocycles. The van der Waals surface area contributed by atoms with Crippen LogP contribution in [-0.2, 0) is 0 Å². The second-order valence-electron chi connectivity index (χ2n) is 6.36. The standard InChI is InChI=1S/C18H21N3O2S/c1-18(2)11-15(14-5-4-13(22-3)10-16(14)23-18)21-17(24)20-12-6-8-19-9-7-12/h4-10,15H,11H2,1-3H3,(H2,19,20,21,24)/t15-/m0/s1. The monoisotopic (exact) mass is 343 g/mol. The van der Waals surface area contributed by atoms with Crippen molar-refractivity contribution in [3.8, 4) is 11.5 Å². The van der Waals surface area contributed by atoms with Crippen LogP contribution in [0.3, 0.4) is 0 Å². The van der Waals surface area contributed by atoms with Crippen molar-refractivity contribution < 1.29 is 9.47 Å². The molecule has 24 heavy (non-hydrogen) atoms. The van der Waals surface area contributed by atoms with Crippen molar-refractivity contribution in [3.63, 3.8) is 0 Å². The van der Waals surface area contributed by atoms with Gasteiger partial charge in [0.15, 0.2) is 5.11 Å². The number of thiocarbonyl (C=S) groups is 1. The van der Waals surface area contributed by atoms with Crippen LogP contribution in [0.1, 0.15) is 31.9 Å². The van der Waals surface area contributed by atoms with Gasteiger partial charge in [-0.25, -0.2) is 0 Å². The van der Waals surface area contributed by atoms with Crippen LogP contribution >= 0.6 is 12.2 Å². The third-order valence-electron chi connectivity index (χ3n) is 3.92. The zero-order valence-corrected chi connectivity index (χ0v) is 14.8. The van der Waals surface area contributed by atoms with E-state index in [-0.39, 0.29) is 11.6 Å². The van der Waals surface area contributed by atoms with E-state index in [4.69, 9.17) is 21.7 Å². The third-order valence-corrected chi connectivity index (χ3v) is 4.14. The second-order valence-corrected chi connectivity index (χ2v) is 6.76. The number of anilines is 1. The van der Waals surface area contributed by atoms with Crippen molar-refractivity contribution in [2.75, 3.05) is 12.4 Å². The highest BCUT2D eigenvalue weighted by atomic mass is 32.1. The number of pyridine rings is 1. The number of nitrogens with one attached hydrogen (secondary N) is 2. The summed E-state index contributed by atoms with van der Waals surface area (Å²) in [6.45, 7) is 4.15. The number of aromatic nitrogens is 1. The molecule has 1 aromatic carbocycles. The number of fused-ring (bicyclic) bond motifs is 1. The van der Waals surface area contributed by atoms with E-state index in [1.165, 1.54) is 0 Å². The van der Waals surface area contributed by atoms with E-state index in [9.17, 15) is 0 Å². The minimum atomic E-state index is -0.288. The minimum absolute atomic E-state index is 0.0662. The molecular weight excluding hydrogens is 322 g/mol. The molecule has 5 nitrogen and oxygen atoms in total.